The highest BCUT2D eigenvalue weighted by Crippen LogP contribution is 2.39. The van der Waals surface area contributed by atoms with Gasteiger partial charge in [-0.3, -0.25) is 4.57 Å². The highest BCUT2D eigenvalue weighted by Gasteiger charge is 2.31. The van der Waals surface area contributed by atoms with Crippen LogP contribution in [0.5, 0.6) is 0 Å². The van der Waals surface area contributed by atoms with E-state index < -0.39 is 8.25 Å². The van der Waals surface area contributed by atoms with E-state index >= 15 is 0 Å². The van der Waals surface area contributed by atoms with Crippen molar-refractivity contribution in [1.29, 1.82) is 0 Å². The molecule has 1 atom stereocenters. The van der Waals surface area contributed by atoms with Crippen LogP contribution in [0.4, 0.5) is 0 Å². The summed E-state index contributed by atoms with van der Waals surface area (Å²) in [5.41, 5.74) is -0.346. The van der Waals surface area contributed by atoms with E-state index in [4.69, 9.17) is 4.52 Å². The minimum absolute atomic E-state index is 0.346. The Labute approximate surface area is 139 Å². The van der Waals surface area contributed by atoms with Gasteiger partial charge in [-0.05, 0) is 19.3 Å². The van der Waals surface area contributed by atoms with Crippen LogP contribution in [-0.4, -0.2) is 10.5 Å². The van der Waals surface area contributed by atoms with Crippen molar-refractivity contribution in [2.75, 3.05) is 0 Å². The van der Waals surface area contributed by atoms with Crippen LogP contribution in [0.2, 0.25) is 0 Å². The second-order valence-electron chi connectivity index (χ2n) is 6.63. The number of rotatable bonds is 16. The minimum atomic E-state index is -2.86. The minimum Gasteiger partial charge on any atom is -0.326 e. The van der Waals surface area contributed by atoms with E-state index in [-0.39, 0.29) is 5.60 Å². The third kappa shape index (κ3) is 11.7. The Hall–Kier alpha value is 0.150. The normalized spacial score (nSPS) is 13.5. The molecule has 0 aliphatic carbocycles. The number of hydrogen-bond acceptors (Lipinski definition) is 2. The van der Waals surface area contributed by atoms with Crippen molar-refractivity contribution >= 4 is 8.25 Å². The van der Waals surface area contributed by atoms with Crippen LogP contribution in [0.1, 0.15) is 111 Å². The zero-order valence-corrected chi connectivity index (χ0v) is 16.2. The van der Waals surface area contributed by atoms with Gasteiger partial charge in [0.15, 0.2) is 0 Å². The monoisotopic (exact) mass is 334 g/mol. The average Bonchev–Trinajstić information content (AvgIpc) is 2.48. The molecule has 0 heterocycles. The van der Waals surface area contributed by atoms with E-state index in [1.807, 2.05) is 0 Å². The first-order chi connectivity index (χ1) is 10.6. The van der Waals surface area contributed by atoms with Crippen LogP contribution in [0.3, 0.4) is 0 Å². The van der Waals surface area contributed by atoms with Crippen molar-refractivity contribution in [3.8, 4) is 0 Å². The molecular weight excluding hydrogens is 295 g/mol. The first-order valence-electron chi connectivity index (χ1n) is 9.52. The molecule has 0 saturated heterocycles. The molecule has 4 heteroatoms. The summed E-state index contributed by atoms with van der Waals surface area (Å²) in [7, 11) is -2.86. The maximum atomic E-state index is 11.4. The van der Waals surface area contributed by atoms with Gasteiger partial charge in [-0.15, -0.1) is 0 Å². The molecule has 0 aromatic rings. The molecule has 0 rings (SSSR count). The summed E-state index contributed by atoms with van der Waals surface area (Å²) >= 11 is 0. The SMILES string of the molecule is CCCCCCC(CCCCC)(CCCCCC)O[PH](=O)O. The molecule has 0 radical (unpaired) electrons. The molecule has 0 amide bonds. The first kappa shape index (κ1) is 22.1. The Bertz CT molecular complexity index is 257. The van der Waals surface area contributed by atoms with Gasteiger partial charge in [0, 0.05) is 0 Å². The van der Waals surface area contributed by atoms with Gasteiger partial charge in [0.1, 0.15) is 0 Å². The third-order valence-corrected chi connectivity index (χ3v) is 5.12. The molecule has 0 aromatic heterocycles. The quantitative estimate of drug-likeness (QED) is 0.254. The predicted molar refractivity (Wildman–Crippen MR) is 96.7 cm³/mol. The molecule has 0 saturated carbocycles. The molecule has 1 unspecified atom stereocenters. The van der Waals surface area contributed by atoms with E-state index in [1.165, 1.54) is 51.4 Å². The van der Waals surface area contributed by atoms with Crippen LogP contribution in [0, 0.1) is 0 Å². The molecule has 134 valence electrons. The zero-order chi connectivity index (χ0) is 16.7. The summed E-state index contributed by atoms with van der Waals surface area (Å²) in [6.45, 7) is 6.62. The van der Waals surface area contributed by atoms with Crippen LogP contribution in [-0.2, 0) is 9.09 Å². The fourth-order valence-corrected chi connectivity index (χ4v) is 3.83. The van der Waals surface area contributed by atoms with Gasteiger partial charge in [0.2, 0.25) is 0 Å². The van der Waals surface area contributed by atoms with Crippen molar-refractivity contribution in [2.45, 2.75) is 116 Å². The van der Waals surface area contributed by atoms with E-state index in [0.717, 1.165) is 38.5 Å². The summed E-state index contributed by atoms with van der Waals surface area (Å²) in [5, 5.41) is 0. The second-order valence-corrected chi connectivity index (χ2v) is 7.37. The Morgan fingerprint density at radius 1 is 0.727 bits per heavy atom. The van der Waals surface area contributed by atoms with E-state index in [0.29, 0.717) is 0 Å². The van der Waals surface area contributed by atoms with Crippen molar-refractivity contribution in [2.24, 2.45) is 0 Å². The molecule has 1 N–H and O–H groups in total. The van der Waals surface area contributed by atoms with Crippen molar-refractivity contribution < 1.29 is 14.0 Å². The van der Waals surface area contributed by atoms with Crippen LogP contribution in [0.15, 0.2) is 0 Å². The number of unbranched alkanes of at least 4 members (excludes halogenated alkanes) is 8. The largest absolute Gasteiger partial charge is 0.326 e. The molecule has 0 spiro atoms. The summed E-state index contributed by atoms with van der Waals surface area (Å²) in [6, 6.07) is 0. The van der Waals surface area contributed by atoms with Gasteiger partial charge in [-0.25, -0.2) is 0 Å². The van der Waals surface area contributed by atoms with Crippen molar-refractivity contribution in [3.63, 3.8) is 0 Å². The number of hydrogen-bond donors (Lipinski definition) is 1. The maximum Gasteiger partial charge on any atom is 0.317 e. The Kier molecular flexibility index (Phi) is 14.8. The van der Waals surface area contributed by atoms with Gasteiger partial charge >= 0.3 is 8.25 Å². The molecule has 3 nitrogen and oxygen atoms in total. The standard InChI is InChI=1S/C18H39O3P/c1-4-7-10-13-16-18(21-22(19)20,15-12-9-6-3)17-14-11-8-5-2/h22H,4-17H2,1-3H3,(H,19,20). The Morgan fingerprint density at radius 2 is 1.09 bits per heavy atom. The molecule has 22 heavy (non-hydrogen) atoms. The lowest BCUT2D eigenvalue weighted by atomic mass is 9.85. The average molecular weight is 334 g/mol. The third-order valence-electron chi connectivity index (χ3n) is 4.51. The molecule has 0 aliphatic rings. The lowest BCUT2D eigenvalue weighted by Gasteiger charge is -2.33. The fourth-order valence-electron chi connectivity index (χ4n) is 3.16. The molecular formula is C18H39O3P. The van der Waals surface area contributed by atoms with Gasteiger partial charge in [-0.1, -0.05) is 91.4 Å². The summed E-state index contributed by atoms with van der Waals surface area (Å²) in [6.07, 6.45) is 15.9. The highest BCUT2D eigenvalue weighted by molar-refractivity contribution is 7.32. The smallest absolute Gasteiger partial charge is 0.317 e. The van der Waals surface area contributed by atoms with Gasteiger partial charge < -0.3 is 9.42 Å². The van der Waals surface area contributed by atoms with Crippen molar-refractivity contribution in [1.82, 2.24) is 0 Å². The molecule has 0 aromatic carbocycles. The zero-order valence-electron chi connectivity index (χ0n) is 15.2. The van der Waals surface area contributed by atoms with Crippen LogP contribution >= 0.6 is 8.25 Å². The van der Waals surface area contributed by atoms with E-state index in [9.17, 15) is 9.46 Å². The molecule has 0 aliphatic heterocycles. The maximum absolute atomic E-state index is 11.4. The van der Waals surface area contributed by atoms with E-state index in [1.54, 1.807) is 0 Å². The predicted octanol–water partition coefficient (Wildman–Crippen LogP) is 6.64. The Morgan fingerprint density at radius 3 is 1.45 bits per heavy atom. The lowest BCUT2D eigenvalue weighted by molar-refractivity contribution is 0.0308. The first-order valence-corrected chi connectivity index (χ1v) is 10.8. The van der Waals surface area contributed by atoms with E-state index in [2.05, 4.69) is 20.8 Å². The summed E-state index contributed by atoms with van der Waals surface area (Å²) in [4.78, 5) is 9.37. The second kappa shape index (κ2) is 14.7. The summed E-state index contributed by atoms with van der Waals surface area (Å²) in [5.74, 6) is 0. The van der Waals surface area contributed by atoms with Gasteiger partial charge in [0.25, 0.3) is 0 Å². The topological polar surface area (TPSA) is 46.5 Å². The Balaban J connectivity index is 4.60. The van der Waals surface area contributed by atoms with Gasteiger partial charge in [0.05, 0.1) is 5.60 Å². The van der Waals surface area contributed by atoms with Crippen LogP contribution < -0.4 is 0 Å². The fraction of sp³-hybridized carbons (Fsp3) is 1.00. The van der Waals surface area contributed by atoms with Crippen LogP contribution in [0.25, 0.3) is 0 Å². The lowest BCUT2D eigenvalue weighted by Crippen LogP contribution is -2.30. The summed E-state index contributed by atoms with van der Waals surface area (Å²) < 4.78 is 17.0. The van der Waals surface area contributed by atoms with Gasteiger partial charge in [-0.2, -0.15) is 0 Å². The molecule has 0 fully saturated rings. The van der Waals surface area contributed by atoms with Crippen molar-refractivity contribution in [3.05, 3.63) is 0 Å². The molecule has 0 bridgehead atoms. The highest BCUT2D eigenvalue weighted by atomic mass is 31.1.